The lowest BCUT2D eigenvalue weighted by Crippen LogP contribution is -1.97. The van der Waals surface area contributed by atoms with Gasteiger partial charge in [-0.2, -0.15) is 0 Å². The third-order valence-electron chi connectivity index (χ3n) is 2.88. The van der Waals surface area contributed by atoms with Crippen LogP contribution in [-0.2, 0) is 0 Å². The van der Waals surface area contributed by atoms with Crippen molar-refractivity contribution in [1.82, 2.24) is 9.97 Å². The highest BCUT2D eigenvalue weighted by Crippen LogP contribution is 2.35. The van der Waals surface area contributed by atoms with Crippen molar-refractivity contribution in [1.29, 1.82) is 0 Å². The van der Waals surface area contributed by atoms with Gasteiger partial charge in [0, 0.05) is 0 Å². The smallest absolute Gasteiger partial charge is 0.335 e. The molecule has 2 aromatic heterocycles. The molecule has 0 spiro atoms. The fourth-order valence-electron chi connectivity index (χ4n) is 1.84. The molecule has 0 aliphatic heterocycles. The standard InChI is InChI=1S/C14H9ClN2O3S/c1-7-5-21-12-11(7)16-6-17-13(12)20-10-3-2-8(14(18)19)4-9(10)15/h2-6H,1H3,(H,18,19). The van der Waals surface area contributed by atoms with Gasteiger partial charge in [0.1, 0.15) is 16.8 Å². The molecule has 0 bridgehead atoms. The van der Waals surface area contributed by atoms with Crippen LogP contribution in [0.1, 0.15) is 15.9 Å². The highest BCUT2D eigenvalue weighted by molar-refractivity contribution is 7.17. The SMILES string of the molecule is Cc1csc2c(Oc3ccc(C(=O)O)cc3Cl)ncnc12. The molecule has 3 aromatic rings. The summed E-state index contributed by atoms with van der Waals surface area (Å²) in [7, 11) is 0. The Kier molecular flexibility index (Phi) is 3.48. The van der Waals surface area contributed by atoms with Crippen molar-refractivity contribution in [3.63, 3.8) is 0 Å². The molecule has 2 heterocycles. The Morgan fingerprint density at radius 3 is 2.90 bits per heavy atom. The molecule has 3 rings (SSSR count). The number of aromatic nitrogens is 2. The fourth-order valence-corrected chi connectivity index (χ4v) is 2.99. The number of benzene rings is 1. The molecule has 0 fully saturated rings. The normalized spacial score (nSPS) is 10.8. The first-order valence-corrected chi connectivity index (χ1v) is 7.21. The molecule has 0 atom stereocenters. The minimum Gasteiger partial charge on any atom is -0.478 e. The molecule has 1 N–H and O–H groups in total. The van der Waals surface area contributed by atoms with Crippen LogP contribution >= 0.6 is 22.9 Å². The number of aryl methyl sites for hydroxylation is 1. The van der Waals surface area contributed by atoms with Crippen LogP contribution in [0.4, 0.5) is 0 Å². The Hall–Kier alpha value is -2.18. The summed E-state index contributed by atoms with van der Waals surface area (Å²) in [5.74, 6) is -0.280. The molecule has 21 heavy (non-hydrogen) atoms. The van der Waals surface area contributed by atoms with Gasteiger partial charge in [-0.15, -0.1) is 11.3 Å². The maximum atomic E-state index is 10.9. The largest absolute Gasteiger partial charge is 0.478 e. The Morgan fingerprint density at radius 1 is 1.38 bits per heavy atom. The van der Waals surface area contributed by atoms with E-state index >= 15 is 0 Å². The second-order valence-corrected chi connectivity index (χ2v) is 5.61. The van der Waals surface area contributed by atoms with Gasteiger partial charge in [0.15, 0.2) is 0 Å². The van der Waals surface area contributed by atoms with Crippen molar-refractivity contribution in [2.24, 2.45) is 0 Å². The number of carboxylic acids is 1. The summed E-state index contributed by atoms with van der Waals surface area (Å²) in [4.78, 5) is 19.2. The number of halogens is 1. The first kappa shape index (κ1) is 13.8. The Labute approximate surface area is 128 Å². The van der Waals surface area contributed by atoms with Crippen LogP contribution in [0.25, 0.3) is 10.2 Å². The molecule has 7 heteroatoms. The third-order valence-corrected chi connectivity index (χ3v) is 4.25. The summed E-state index contributed by atoms with van der Waals surface area (Å²) < 4.78 is 6.53. The molecule has 106 valence electrons. The molecule has 0 saturated heterocycles. The van der Waals surface area contributed by atoms with Gasteiger partial charge in [-0.05, 0) is 36.1 Å². The first-order chi connectivity index (χ1) is 10.1. The van der Waals surface area contributed by atoms with E-state index in [2.05, 4.69) is 9.97 Å². The second-order valence-electron chi connectivity index (χ2n) is 4.33. The summed E-state index contributed by atoms with van der Waals surface area (Å²) in [6, 6.07) is 4.29. The average molecular weight is 321 g/mol. The molecule has 0 saturated carbocycles. The van der Waals surface area contributed by atoms with Gasteiger partial charge in [0.25, 0.3) is 0 Å². The van der Waals surface area contributed by atoms with Gasteiger partial charge in [-0.3, -0.25) is 0 Å². The van der Waals surface area contributed by atoms with Crippen LogP contribution in [0.5, 0.6) is 11.6 Å². The number of aromatic carboxylic acids is 1. The number of thiophene rings is 1. The van der Waals surface area contributed by atoms with Crippen LogP contribution in [-0.4, -0.2) is 21.0 Å². The third kappa shape index (κ3) is 2.55. The second kappa shape index (κ2) is 5.31. The van der Waals surface area contributed by atoms with Crippen LogP contribution in [0.2, 0.25) is 5.02 Å². The van der Waals surface area contributed by atoms with Crippen molar-refractivity contribution in [2.75, 3.05) is 0 Å². The topological polar surface area (TPSA) is 72.3 Å². The molecule has 0 amide bonds. The molecular weight excluding hydrogens is 312 g/mol. The van der Waals surface area contributed by atoms with Crippen LogP contribution in [0.3, 0.4) is 0 Å². The predicted molar refractivity (Wildman–Crippen MR) is 80.6 cm³/mol. The summed E-state index contributed by atoms with van der Waals surface area (Å²) in [6.45, 7) is 1.96. The number of fused-ring (bicyclic) bond motifs is 1. The predicted octanol–water partition coefficient (Wildman–Crippen LogP) is 4.14. The highest BCUT2D eigenvalue weighted by Gasteiger charge is 2.13. The van der Waals surface area contributed by atoms with E-state index in [0.717, 1.165) is 15.8 Å². The van der Waals surface area contributed by atoms with E-state index in [1.54, 1.807) is 0 Å². The van der Waals surface area contributed by atoms with E-state index in [-0.39, 0.29) is 10.6 Å². The van der Waals surface area contributed by atoms with E-state index in [1.165, 1.54) is 35.9 Å². The summed E-state index contributed by atoms with van der Waals surface area (Å²) in [5.41, 5.74) is 1.99. The fraction of sp³-hybridized carbons (Fsp3) is 0.0714. The molecule has 0 unspecified atom stereocenters. The van der Waals surface area contributed by atoms with Gasteiger partial charge in [-0.25, -0.2) is 14.8 Å². The zero-order chi connectivity index (χ0) is 15.0. The number of carbonyl (C=O) groups is 1. The zero-order valence-corrected chi connectivity index (χ0v) is 12.4. The van der Waals surface area contributed by atoms with Gasteiger partial charge in [0.05, 0.1) is 16.1 Å². The van der Waals surface area contributed by atoms with Crippen LogP contribution in [0.15, 0.2) is 29.9 Å². The zero-order valence-electron chi connectivity index (χ0n) is 10.8. The monoisotopic (exact) mass is 320 g/mol. The van der Waals surface area contributed by atoms with Gasteiger partial charge in [0.2, 0.25) is 5.88 Å². The van der Waals surface area contributed by atoms with Crippen LogP contribution < -0.4 is 4.74 Å². The number of nitrogens with zero attached hydrogens (tertiary/aromatic N) is 2. The lowest BCUT2D eigenvalue weighted by molar-refractivity contribution is 0.0697. The maximum Gasteiger partial charge on any atom is 0.335 e. The van der Waals surface area contributed by atoms with Gasteiger partial charge in [-0.1, -0.05) is 11.6 Å². The minimum atomic E-state index is -1.04. The van der Waals surface area contributed by atoms with E-state index in [4.69, 9.17) is 21.4 Å². The number of hydrogen-bond acceptors (Lipinski definition) is 5. The minimum absolute atomic E-state index is 0.104. The number of hydrogen-bond donors (Lipinski definition) is 1. The molecular formula is C14H9ClN2O3S. The van der Waals surface area contributed by atoms with E-state index < -0.39 is 5.97 Å². The summed E-state index contributed by atoms with van der Waals surface area (Å²) in [6.07, 6.45) is 1.43. The van der Waals surface area contributed by atoms with Crippen molar-refractivity contribution < 1.29 is 14.6 Å². The summed E-state index contributed by atoms with van der Waals surface area (Å²) in [5, 5.41) is 11.1. The van der Waals surface area contributed by atoms with Crippen LogP contribution in [0, 0.1) is 6.92 Å². The number of carboxylic acid groups (broad SMARTS) is 1. The highest BCUT2D eigenvalue weighted by atomic mass is 35.5. The lowest BCUT2D eigenvalue weighted by Gasteiger charge is -2.07. The van der Waals surface area contributed by atoms with E-state index in [1.807, 2.05) is 12.3 Å². The molecule has 0 aliphatic rings. The molecule has 1 aromatic carbocycles. The van der Waals surface area contributed by atoms with Crippen molar-refractivity contribution >= 4 is 39.1 Å². The lowest BCUT2D eigenvalue weighted by atomic mass is 10.2. The van der Waals surface area contributed by atoms with Crippen molar-refractivity contribution in [2.45, 2.75) is 6.92 Å². The molecule has 0 aliphatic carbocycles. The Morgan fingerprint density at radius 2 is 2.19 bits per heavy atom. The van der Waals surface area contributed by atoms with Gasteiger partial charge >= 0.3 is 5.97 Å². The summed E-state index contributed by atoms with van der Waals surface area (Å²) >= 11 is 7.54. The first-order valence-electron chi connectivity index (χ1n) is 5.96. The van der Waals surface area contributed by atoms with E-state index in [0.29, 0.717) is 11.6 Å². The van der Waals surface area contributed by atoms with Gasteiger partial charge < -0.3 is 9.84 Å². The maximum absolute atomic E-state index is 10.9. The van der Waals surface area contributed by atoms with Crippen molar-refractivity contribution in [3.05, 3.63) is 46.1 Å². The Balaban J connectivity index is 2.01. The number of rotatable bonds is 3. The Bertz CT molecular complexity index is 847. The molecule has 5 nitrogen and oxygen atoms in total. The average Bonchev–Trinajstić information content (AvgIpc) is 2.84. The molecule has 0 radical (unpaired) electrons. The van der Waals surface area contributed by atoms with Crippen molar-refractivity contribution in [3.8, 4) is 11.6 Å². The quantitative estimate of drug-likeness (QED) is 0.785. The number of ether oxygens (including phenoxy) is 1. The van der Waals surface area contributed by atoms with E-state index in [9.17, 15) is 4.79 Å².